The predicted molar refractivity (Wildman–Crippen MR) is 99.0 cm³/mol. The molecular formula is C17H21N3O4S. The standard InChI is InChI=1S/C17H21N3O4S/c1-12-10-14(19(2)3)9-8-13(12)11-18-15-6-5-7-16(25(4,23)24)17(15)20(21)22/h5-10,18H,11H2,1-4H3. The van der Waals surface area contributed by atoms with Crippen molar-refractivity contribution < 1.29 is 13.3 Å². The number of nitro benzene ring substituents is 1. The molecule has 0 aromatic heterocycles. The van der Waals surface area contributed by atoms with Gasteiger partial charge < -0.3 is 10.2 Å². The molecule has 1 N–H and O–H groups in total. The van der Waals surface area contributed by atoms with Crippen LogP contribution in [0.4, 0.5) is 17.1 Å². The maximum atomic E-state index is 11.8. The van der Waals surface area contributed by atoms with Crippen molar-refractivity contribution in [1.82, 2.24) is 0 Å². The van der Waals surface area contributed by atoms with E-state index in [1.807, 2.05) is 44.1 Å². The lowest BCUT2D eigenvalue weighted by molar-refractivity contribution is -0.386. The highest BCUT2D eigenvalue weighted by atomic mass is 32.2. The van der Waals surface area contributed by atoms with Crippen LogP contribution < -0.4 is 10.2 Å². The Hall–Kier alpha value is -2.61. The van der Waals surface area contributed by atoms with Gasteiger partial charge in [0, 0.05) is 32.6 Å². The molecule has 25 heavy (non-hydrogen) atoms. The Labute approximate surface area is 147 Å². The Kier molecular flexibility index (Phi) is 5.32. The molecule has 0 aliphatic rings. The number of para-hydroxylation sites is 1. The van der Waals surface area contributed by atoms with Crippen LogP contribution >= 0.6 is 0 Å². The fourth-order valence-electron chi connectivity index (χ4n) is 2.50. The third-order valence-corrected chi connectivity index (χ3v) is 5.02. The van der Waals surface area contributed by atoms with Crippen LogP contribution in [0.2, 0.25) is 0 Å². The van der Waals surface area contributed by atoms with Gasteiger partial charge in [0.15, 0.2) is 9.84 Å². The lowest BCUT2D eigenvalue weighted by Crippen LogP contribution is -2.10. The molecule has 0 fully saturated rings. The second kappa shape index (κ2) is 7.10. The van der Waals surface area contributed by atoms with Crippen molar-refractivity contribution in [3.63, 3.8) is 0 Å². The van der Waals surface area contributed by atoms with Gasteiger partial charge in [-0.25, -0.2) is 8.42 Å². The smallest absolute Gasteiger partial charge is 0.310 e. The summed E-state index contributed by atoms with van der Waals surface area (Å²) >= 11 is 0. The Bertz CT molecular complexity index is 908. The largest absolute Gasteiger partial charge is 0.378 e. The van der Waals surface area contributed by atoms with Crippen LogP contribution in [-0.2, 0) is 16.4 Å². The molecule has 7 nitrogen and oxygen atoms in total. The van der Waals surface area contributed by atoms with Gasteiger partial charge in [0.1, 0.15) is 10.6 Å². The van der Waals surface area contributed by atoms with Crippen LogP contribution in [-0.4, -0.2) is 33.7 Å². The summed E-state index contributed by atoms with van der Waals surface area (Å²) in [5, 5.41) is 14.4. The summed E-state index contributed by atoms with van der Waals surface area (Å²) in [6, 6.07) is 10.2. The van der Waals surface area contributed by atoms with E-state index in [0.29, 0.717) is 6.54 Å². The van der Waals surface area contributed by atoms with E-state index in [4.69, 9.17) is 0 Å². The van der Waals surface area contributed by atoms with Crippen LogP contribution in [0.3, 0.4) is 0 Å². The van der Waals surface area contributed by atoms with Crippen molar-refractivity contribution in [2.75, 3.05) is 30.6 Å². The average Bonchev–Trinajstić information content (AvgIpc) is 2.52. The van der Waals surface area contributed by atoms with Crippen molar-refractivity contribution in [2.24, 2.45) is 0 Å². The zero-order valence-electron chi connectivity index (χ0n) is 14.6. The molecule has 0 aliphatic heterocycles. The zero-order valence-corrected chi connectivity index (χ0v) is 15.4. The number of benzene rings is 2. The lowest BCUT2D eigenvalue weighted by Gasteiger charge is -2.16. The fourth-order valence-corrected chi connectivity index (χ4v) is 3.36. The summed E-state index contributed by atoms with van der Waals surface area (Å²) in [6.45, 7) is 2.32. The second-order valence-corrected chi connectivity index (χ2v) is 8.02. The van der Waals surface area contributed by atoms with Crippen molar-refractivity contribution in [2.45, 2.75) is 18.4 Å². The first-order chi connectivity index (χ1) is 11.6. The average molecular weight is 363 g/mol. The van der Waals surface area contributed by atoms with E-state index in [0.717, 1.165) is 23.1 Å². The number of rotatable bonds is 6. The van der Waals surface area contributed by atoms with Crippen molar-refractivity contribution in [3.05, 3.63) is 57.6 Å². The van der Waals surface area contributed by atoms with E-state index in [1.54, 1.807) is 0 Å². The van der Waals surface area contributed by atoms with Crippen LogP contribution in [0.25, 0.3) is 0 Å². The van der Waals surface area contributed by atoms with Crippen LogP contribution in [0, 0.1) is 17.0 Å². The summed E-state index contributed by atoms with van der Waals surface area (Å²) < 4.78 is 23.6. The number of nitrogens with zero attached hydrogens (tertiary/aromatic N) is 2. The van der Waals surface area contributed by atoms with Gasteiger partial charge in [-0.1, -0.05) is 12.1 Å². The van der Waals surface area contributed by atoms with E-state index >= 15 is 0 Å². The summed E-state index contributed by atoms with van der Waals surface area (Å²) in [4.78, 5) is 12.4. The van der Waals surface area contributed by atoms with Crippen molar-refractivity contribution in [3.8, 4) is 0 Å². The number of anilines is 2. The molecule has 0 aliphatic carbocycles. The van der Waals surface area contributed by atoms with Crippen LogP contribution in [0.15, 0.2) is 41.3 Å². The van der Waals surface area contributed by atoms with Gasteiger partial charge in [0.05, 0.1) is 4.92 Å². The summed E-state index contributed by atoms with van der Waals surface area (Å²) in [7, 11) is 0.208. The molecule has 0 atom stereocenters. The minimum absolute atomic E-state index is 0.184. The first-order valence-corrected chi connectivity index (χ1v) is 9.48. The highest BCUT2D eigenvalue weighted by molar-refractivity contribution is 7.90. The van der Waals surface area contributed by atoms with Gasteiger partial charge in [-0.2, -0.15) is 0 Å². The second-order valence-electron chi connectivity index (χ2n) is 6.04. The molecule has 2 aromatic rings. The van der Waals surface area contributed by atoms with Crippen molar-refractivity contribution >= 4 is 26.9 Å². The highest BCUT2D eigenvalue weighted by Crippen LogP contribution is 2.32. The number of hydrogen-bond donors (Lipinski definition) is 1. The third kappa shape index (κ3) is 4.27. The maximum Gasteiger partial charge on any atom is 0.310 e. The molecule has 0 saturated heterocycles. The Morgan fingerprint density at radius 3 is 2.40 bits per heavy atom. The Balaban J connectivity index is 2.34. The number of nitro groups is 1. The Morgan fingerprint density at radius 1 is 1.20 bits per heavy atom. The molecular weight excluding hydrogens is 342 g/mol. The first kappa shape index (κ1) is 18.7. The monoisotopic (exact) mass is 363 g/mol. The topological polar surface area (TPSA) is 92.6 Å². The Morgan fingerprint density at radius 2 is 1.88 bits per heavy atom. The fraction of sp³-hybridized carbons (Fsp3) is 0.294. The van der Waals surface area contributed by atoms with E-state index < -0.39 is 20.4 Å². The number of hydrogen-bond acceptors (Lipinski definition) is 6. The van der Waals surface area contributed by atoms with E-state index in [2.05, 4.69) is 5.32 Å². The number of aryl methyl sites for hydroxylation is 1. The van der Waals surface area contributed by atoms with Crippen LogP contribution in [0.5, 0.6) is 0 Å². The molecule has 8 heteroatoms. The SMILES string of the molecule is Cc1cc(N(C)C)ccc1CNc1cccc(S(C)(=O)=O)c1[N+](=O)[O-]. The van der Waals surface area contributed by atoms with Gasteiger partial charge in [-0.3, -0.25) is 10.1 Å². The lowest BCUT2D eigenvalue weighted by atomic mass is 10.1. The predicted octanol–water partition coefficient (Wildman–Crippen LogP) is 2.98. The minimum Gasteiger partial charge on any atom is -0.378 e. The van der Waals surface area contributed by atoms with Gasteiger partial charge in [-0.05, 0) is 42.3 Å². The van der Waals surface area contributed by atoms with E-state index in [-0.39, 0.29) is 10.6 Å². The first-order valence-electron chi connectivity index (χ1n) is 7.59. The van der Waals surface area contributed by atoms with Gasteiger partial charge in [0.2, 0.25) is 0 Å². The molecule has 0 spiro atoms. The molecule has 2 rings (SSSR count). The van der Waals surface area contributed by atoms with Crippen molar-refractivity contribution in [1.29, 1.82) is 0 Å². The normalized spacial score (nSPS) is 11.2. The molecule has 0 bridgehead atoms. The maximum absolute atomic E-state index is 11.8. The van der Waals surface area contributed by atoms with Gasteiger partial charge in [-0.15, -0.1) is 0 Å². The summed E-state index contributed by atoms with van der Waals surface area (Å²) in [5.41, 5.74) is 2.84. The minimum atomic E-state index is -3.69. The van der Waals surface area contributed by atoms with E-state index in [9.17, 15) is 18.5 Å². The third-order valence-electron chi connectivity index (χ3n) is 3.89. The van der Waals surface area contributed by atoms with Gasteiger partial charge >= 0.3 is 5.69 Å². The van der Waals surface area contributed by atoms with Gasteiger partial charge in [0.25, 0.3) is 0 Å². The van der Waals surface area contributed by atoms with Crippen LogP contribution in [0.1, 0.15) is 11.1 Å². The van der Waals surface area contributed by atoms with E-state index in [1.165, 1.54) is 18.2 Å². The summed E-state index contributed by atoms with van der Waals surface area (Å²) in [5.74, 6) is 0. The number of sulfone groups is 1. The molecule has 0 saturated carbocycles. The molecule has 0 amide bonds. The molecule has 134 valence electrons. The number of nitrogens with one attached hydrogen (secondary N) is 1. The summed E-state index contributed by atoms with van der Waals surface area (Å²) in [6.07, 6.45) is 0.962. The molecule has 2 aromatic carbocycles. The quantitative estimate of drug-likeness (QED) is 0.626. The highest BCUT2D eigenvalue weighted by Gasteiger charge is 2.25. The molecule has 0 radical (unpaired) electrons. The molecule has 0 unspecified atom stereocenters. The molecule has 0 heterocycles. The zero-order chi connectivity index (χ0) is 18.8.